The Kier molecular flexibility index (Phi) is 9.57. The fourth-order valence-electron chi connectivity index (χ4n) is 4.44. The molecule has 5 rings (SSSR count). The minimum Gasteiger partial charge on any atom is -0.462 e. The normalized spacial score (nSPS) is 15.6. The summed E-state index contributed by atoms with van der Waals surface area (Å²) in [7, 11) is 0. The quantitative estimate of drug-likeness (QED) is 0.126. The summed E-state index contributed by atoms with van der Waals surface area (Å²) >= 11 is 8.74. The fourth-order valence-corrected chi connectivity index (χ4v) is 6.78. The third-order valence-corrected chi connectivity index (χ3v) is 9.05. The number of hydrogen-bond donors (Lipinski definition) is 1. The lowest BCUT2D eigenvalue weighted by Crippen LogP contribution is -2.30. The summed E-state index contributed by atoms with van der Waals surface area (Å²) in [6.45, 7) is 2.02. The summed E-state index contributed by atoms with van der Waals surface area (Å²) in [4.78, 5) is 45.8. The highest BCUT2D eigenvalue weighted by atomic mass is 35.5. The maximum atomic E-state index is 13.7. The van der Waals surface area contributed by atoms with E-state index in [-0.39, 0.29) is 23.1 Å². The number of amides is 2. The van der Waals surface area contributed by atoms with Crippen LogP contribution >= 0.6 is 34.7 Å². The van der Waals surface area contributed by atoms with Crippen molar-refractivity contribution in [3.05, 3.63) is 122 Å². The number of ether oxygens (including phenoxy) is 1. The SMILES string of the molecule is CCOC(=O)c1ccc(C[C@@H]2S/C(=C(/C#N)C(=O)Nc3ncc(Cc4ccccc4Cl)s3)N(c3ccccc3)C2=O)cc1. The molecule has 216 valence electrons. The van der Waals surface area contributed by atoms with Gasteiger partial charge in [0.2, 0.25) is 5.91 Å². The topological polar surface area (TPSA) is 112 Å². The second-order valence-corrected chi connectivity index (χ2v) is 12.1. The monoisotopic (exact) mass is 628 g/mol. The van der Waals surface area contributed by atoms with Crippen molar-refractivity contribution >= 4 is 63.3 Å². The second-order valence-electron chi connectivity index (χ2n) is 9.38. The number of esters is 1. The Hall–Kier alpha value is -4.43. The van der Waals surface area contributed by atoms with E-state index in [0.717, 1.165) is 27.8 Å². The maximum absolute atomic E-state index is 13.7. The van der Waals surface area contributed by atoms with Crippen LogP contribution < -0.4 is 10.2 Å². The van der Waals surface area contributed by atoms with E-state index in [2.05, 4.69) is 10.3 Å². The number of thioether (sulfide) groups is 1. The highest BCUT2D eigenvalue weighted by Crippen LogP contribution is 2.42. The van der Waals surface area contributed by atoms with E-state index in [1.807, 2.05) is 36.4 Å². The standard InChI is InChI=1S/C32H25ClN4O4S2/c1-2-41-31(40)21-14-12-20(13-15-21)16-27-29(39)37(23-9-4-3-5-10-23)30(43-27)25(18-34)28(38)36-32-35-19-24(42-32)17-22-8-6-7-11-26(22)33/h3-15,19,27H,2,16-17H2,1H3,(H,35,36,38)/b30-25-/t27-/m0/s1. The van der Waals surface area contributed by atoms with Crippen molar-refractivity contribution in [1.82, 2.24) is 4.98 Å². The molecule has 1 N–H and O–H groups in total. The summed E-state index contributed by atoms with van der Waals surface area (Å²) in [5, 5.41) is 13.5. The minimum absolute atomic E-state index is 0.190. The molecule has 43 heavy (non-hydrogen) atoms. The molecule has 1 saturated heterocycles. The average Bonchev–Trinajstić information content (AvgIpc) is 3.58. The summed E-state index contributed by atoms with van der Waals surface area (Å²) in [6, 6.07) is 25.3. The molecule has 8 nitrogen and oxygen atoms in total. The summed E-state index contributed by atoms with van der Waals surface area (Å²) < 4.78 is 5.04. The number of hydrogen-bond acceptors (Lipinski definition) is 8. The number of rotatable bonds is 9. The molecule has 1 aromatic heterocycles. The molecule has 1 fully saturated rings. The Morgan fingerprint density at radius 1 is 1.07 bits per heavy atom. The number of nitriles is 1. The predicted molar refractivity (Wildman–Crippen MR) is 169 cm³/mol. The van der Waals surface area contributed by atoms with Gasteiger partial charge in [0.05, 0.1) is 17.4 Å². The van der Waals surface area contributed by atoms with Gasteiger partial charge in [-0.15, -0.1) is 11.3 Å². The van der Waals surface area contributed by atoms with Crippen molar-refractivity contribution < 1.29 is 19.1 Å². The molecule has 2 heterocycles. The number of benzene rings is 3. The highest BCUT2D eigenvalue weighted by Gasteiger charge is 2.41. The number of nitrogens with zero attached hydrogens (tertiary/aromatic N) is 3. The van der Waals surface area contributed by atoms with Gasteiger partial charge in [-0.2, -0.15) is 5.26 Å². The molecule has 1 aliphatic heterocycles. The van der Waals surface area contributed by atoms with E-state index in [1.54, 1.807) is 61.7 Å². The number of carbonyl (C=O) groups excluding carboxylic acids is 3. The van der Waals surface area contributed by atoms with E-state index in [4.69, 9.17) is 16.3 Å². The zero-order valence-corrected chi connectivity index (χ0v) is 25.3. The maximum Gasteiger partial charge on any atom is 0.338 e. The van der Waals surface area contributed by atoms with Crippen LogP contribution in [0, 0.1) is 11.3 Å². The van der Waals surface area contributed by atoms with E-state index < -0.39 is 17.1 Å². The minimum atomic E-state index is -0.656. The number of thiazole rings is 1. The number of halogens is 1. The van der Waals surface area contributed by atoms with Crippen molar-refractivity contribution in [2.24, 2.45) is 0 Å². The predicted octanol–water partition coefficient (Wildman–Crippen LogP) is 6.63. The Morgan fingerprint density at radius 2 is 1.79 bits per heavy atom. The number of nitrogens with one attached hydrogen (secondary N) is 1. The number of aromatic nitrogens is 1. The largest absolute Gasteiger partial charge is 0.462 e. The molecule has 3 aromatic carbocycles. The average molecular weight is 629 g/mol. The van der Waals surface area contributed by atoms with Gasteiger partial charge in [-0.3, -0.25) is 19.8 Å². The zero-order valence-electron chi connectivity index (χ0n) is 23.0. The van der Waals surface area contributed by atoms with Crippen molar-refractivity contribution in [3.63, 3.8) is 0 Å². The van der Waals surface area contributed by atoms with E-state index >= 15 is 0 Å². The number of para-hydroxylation sites is 1. The van der Waals surface area contributed by atoms with E-state index in [0.29, 0.717) is 34.2 Å². The van der Waals surface area contributed by atoms with Gasteiger partial charge in [0, 0.05) is 28.2 Å². The first-order valence-electron chi connectivity index (χ1n) is 13.3. The first-order chi connectivity index (χ1) is 20.9. The molecule has 1 atom stereocenters. The Bertz CT molecular complexity index is 1730. The molecule has 0 aliphatic carbocycles. The van der Waals surface area contributed by atoms with Crippen molar-refractivity contribution in [3.8, 4) is 6.07 Å². The Morgan fingerprint density at radius 3 is 2.49 bits per heavy atom. The lowest BCUT2D eigenvalue weighted by Gasteiger charge is -2.18. The first kappa shape index (κ1) is 30.0. The van der Waals surface area contributed by atoms with Crippen molar-refractivity contribution in [1.29, 1.82) is 5.26 Å². The number of carbonyl (C=O) groups is 3. The molecule has 0 saturated carbocycles. The van der Waals surface area contributed by atoms with Gasteiger partial charge in [-0.05, 0) is 54.8 Å². The van der Waals surface area contributed by atoms with Crippen LogP contribution in [0.1, 0.15) is 33.3 Å². The van der Waals surface area contributed by atoms with Crippen LogP contribution in [0.15, 0.2) is 95.7 Å². The molecule has 11 heteroatoms. The third-order valence-electron chi connectivity index (χ3n) is 6.50. The fraction of sp³-hybridized carbons (Fsp3) is 0.156. The lowest BCUT2D eigenvalue weighted by atomic mass is 10.1. The lowest BCUT2D eigenvalue weighted by molar-refractivity contribution is -0.117. The van der Waals surface area contributed by atoms with Gasteiger partial charge in [-0.1, -0.05) is 71.9 Å². The van der Waals surface area contributed by atoms with Gasteiger partial charge in [-0.25, -0.2) is 9.78 Å². The smallest absolute Gasteiger partial charge is 0.338 e. The first-order valence-corrected chi connectivity index (χ1v) is 15.4. The number of anilines is 2. The molecular formula is C32H25ClN4O4S2. The highest BCUT2D eigenvalue weighted by molar-refractivity contribution is 8.05. The van der Waals surface area contributed by atoms with Crippen LogP contribution in [0.4, 0.5) is 10.8 Å². The Labute approximate surface area is 262 Å². The molecule has 0 bridgehead atoms. The van der Waals surface area contributed by atoms with Gasteiger partial charge in [0.25, 0.3) is 5.91 Å². The molecule has 0 unspecified atom stereocenters. The van der Waals surface area contributed by atoms with Crippen molar-refractivity contribution in [2.75, 3.05) is 16.8 Å². The van der Waals surface area contributed by atoms with Crippen LogP contribution in [0.25, 0.3) is 0 Å². The van der Waals surface area contributed by atoms with Gasteiger partial charge in [0.15, 0.2) is 5.13 Å². The van der Waals surface area contributed by atoms with Crippen LogP contribution in [-0.4, -0.2) is 34.6 Å². The van der Waals surface area contributed by atoms with Crippen LogP contribution in [-0.2, 0) is 27.2 Å². The summed E-state index contributed by atoms with van der Waals surface area (Å²) in [5.41, 5.74) is 2.54. The second kappa shape index (κ2) is 13.7. The third kappa shape index (κ3) is 6.97. The molecule has 0 spiro atoms. The molecular weight excluding hydrogens is 604 g/mol. The molecule has 4 aromatic rings. The molecule has 2 amide bonds. The van der Waals surface area contributed by atoms with Gasteiger partial charge in [0.1, 0.15) is 16.7 Å². The molecule has 0 radical (unpaired) electrons. The Balaban J connectivity index is 1.39. The van der Waals surface area contributed by atoms with Gasteiger partial charge < -0.3 is 4.74 Å². The van der Waals surface area contributed by atoms with E-state index in [1.165, 1.54) is 16.2 Å². The van der Waals surface area contributed by atoms with Gasteiger partial charge >= 0.3 is 5.97 Å². The van der Waals surface area contributed by atoms with E-state index in [9.17, 15) is 19.6 Å². The van der Waals surface area contributed by atoms with Crippen LogP contribution in [0.2, 0.25) is 5.02 Å². The van der Waals surface area contributed by atoms with Crippen LogP contribution in [0.3, 0.4) is 0 Å². The molecule has 1 aliphatic rings. The summed E-state index contributed by atoms with van der Waals surface area (Å²) in [6.07, 6.45) is 2.54. The summed E-state index contributed by atoms with van der Waals surface area (Å²) in [5.74, 6) is -1.32. The van der Waals surface area contributed by atoms with Crippen LogP contribution in [0.5, 0.6) is 0 Å². The zero-order chi connectivity index (χ0) is 30.3. The van der Waals surface area contributed by atoms with Crippen molar-refractivity contribution in [2.45, 2.75) is 25.0 Å².